The highest BCUT2D eigenvalue weighted by atomic mass is 32.1. The minimum Gasteiger partial charge on any atom is -0.398 e. The predicted molar refractivity (Wildman–Crippen MR) is 121 cm³/mol. The summed E-state index contributed by atoms with van der Waals surface area (Å²) in [7, 11) is 0. The summed E-state index contributed by atoms with van der Waals surface area (Å²) in [5.41, 5.74) is 10.5. The molecule has 6 heteroatoms. The lowest BCUT2D eigenvalue weighted by molar-refractivity contribution is 0.172. The first-order valence-electron chi connectivity index (χ1n) is 9.34. The highest BCUT2D eigenvalue weighted by Crippen LogP contribution is 2.21. The van der Waals surface area contributed by atoms with Crippen LogP contribution in [0.1, 0.15) is 34.6 Å². The molecule has 2 aromatic carbocycles. The Kier molecular flexibility index (Phi) is 6.44. The van der Waals surface area contributed by atoms with Crippen molar-refractivity contribution in [3.63, 3.8) is 0 Å². The standard InChI is InChI=1S/C22H25N5S/c23-12-18(14-28)17-5-6-20(24)19(11-17)22(26)21(25)10-15-3-1-4-16(9-15)13-27-7-2-8-27/h1,3-6,9,11-12,14,18,23,25-26H,2,7-8,10,13,24H2. The van der Waals surface area contributed by atoms with E-state index < -0.39 is 0 Å². The number of hydrogen-bond acceptors (Lipinski definition) is 6. The molecule has 1 fully saturated rings. The lowest BCUT2D eigenvalue weighted by atomic mass is 9.93. The molecule has 1 heterocycles. The van der Waals surface area contributed by atoms with E-state index in [1.54, 1.807) is 12.1 Å². The number of nitrogens with zero attached hydrogens (tertiary/aromatic N) is 1. The third kappa shape index (κ3) is 4.58. The molecule has 0 radical (unpaired) electrons. The van der Waals surface area contributed by atoms with E-state index in [4.69, 9.17) is 34.2 Å². The molecule has 0 amide bonds. The Morgan fingerprint density at radius 3 is 2.54 bits per heavy atom. The van der Waals surface area contributed by atoms with Gasteiger partial charge in [-0.05, 0) is 53.7 Å². The van der Waals surface area contributed by atoms with Crippen LogP contribution in [0.3, 0.4) is 0 Å². The van der Waals surface area contributed by atoms with E-state index in [1.807, 2.05) is 18.2 Å². The molecule has 0 saturated carbocycles. The van der Waals surface area contributed by atoms with Gasteiger partial charge in [0.25, 0.3) is 0 Å². The Hall–Kier alpha value is -2.70. The summed E-state index contributed by atoms with van der Waals surface area (Å²) in [5.74, 6) is -0.297. The van der Waals surface area contributed by atoms with Crippen molar-refractivity contribution in [3.8, 4) is 0 Å². The van der Waals surface area contributed by atoms with Crippen LogP contribution < -0.4 is 5.73 Å². The average Bonchev–Trinajstić information content (AvgIpc) is 2.66. The number of thiocarbonyl (C=S) groups is 1. The first kappa shape index (κ1) is 20.0. The number of rotatable bonds is 9. The molecule has 1 unspecified atom stereocenters. The van der Waals surface area contributed by atoms with Gasteiger partial charge in [-0.3, -0.25) is 10.3 Å². The van der Waals surface area contributed by atoms with Crippen LogP contribution >= 0.6 is 12.2 Å². The van der Waals surface area contributed by atoms with Crippen LogP contribution in [-0.2, 0) is 13.0 Å². The van der Waals surface area contributed by atoms with Gasteiger partial charge in [0.1, 0.15) is 0 Å². The van der Waals surface area contributed by atoms with Gasteiger partial charge in [-0.15, -0.1) is 0 Å². The largest absolute Gasteiger partial charge is 0.398 e. The maximum Gasteiger partial charge on any atom is 0.0844 e. The first-order valence-corrected chi connectivity index (χ1v) is 9.81. The van der Waals surface area contributed by atoms with Gasteiger partial charge in [-0.25, -0.2) is 0 Å². The number of hydrogen-bond donors (Lipinski definition) is 4. The number of anilines is 1. The van der Waals surface area contributed by atoms with Gasteiger partial charge < -0.3 is 16.6 Å². The smallest absolute Gasteiger partial charge is 0.0844 e. The summed E-state index contributed by atoms with van der Waals surface area (Å²) in [4.78, 5) is 2.40. The van der Waals surface area contributed by atoms with E-state index in [1.165, 1.54) is 23.6 Å². The summed E-state index contributed by atoms with van der Waals surface area (Å²) in [6.45, 7) is 3.24. The fourth-order valence-electron chi connectivity index (χ4n) is 3.30. The Morgan fingerprint density at radius 1 is 1.14 bits per heavy atom. The van der Waals surface area contributed by atoms with Crippen LogP contribution in [0.5, 0.6) is 0 Å². The maximum absolute atomic E-state index is 8.48. The first-order chi connectivity index (χ1) is 13.5. The molecule has 0 aliphatic carbocycles. The second kappa shape index (κ2) is 8.99. The molecule has 0 spiro atoms. The van der Waals surface area contributed by atoms with Crippen LogP contribution in [0.15, 0.2) is 42.5 Å². The Morgan fingerprint density at radius 2 is 1.89 bits per heavy atom. The lowest BCUT2D eigenvalue weighted by Gasteiger charge is -2.30. The second-order valence-electron chi connectivity index (χ2n) is 7.16. The molecule has 0 aromatic heterocycles. The van der Waals surface area contributed by atoms with Gasteiger partial charge in [0.05, 0.1) is 11.4 Å². The van der Waals surface area contributed by atoms with Crippen molar-refractivity contribution in [1.29, 1.82) is 16.2 Å². The molecule has 144 valence electrons. The van der Waals surface area contributed by atoms with Crippen molar-refractivity contribution >= 4 is 40.9 Å². The number of likely N-dealkylation sites (tertiary alicyclic amines) is 1. The molecule has 1 aliphatic rings. The SMILES string of the molecule is N=CC(C=S)c1ccc(N)c(C(=N)C(=N)Cc2cccc(CN3CCC3)c2)c1. The minimum atomic E-state index is -0.297. The van der Waals surface area contributed by atoms with Gasteiger partial charge in [0.15, 0.2) is 0 Å². The molecule has 1 saturated heterocycles. The highest BCUT2D eigenvalue weighted by molar-refractivity contribution is 7.79. The maximum atomic E-state index is 8.48. The zero-order valence-corrected chi connectivity index (χ0v) is 16.6. The van der Waals surface area contributed by atoms with Crippen molar-refractivity contribution in [2.75, 3.05) is 18.8 Å². The minimum absolute atomic E-state index is 0.112. The molecule has 28 heavy (non-hydrogen) atoms. The molecular weight excluding hydrogens is 366 g/mol. The molecule has 0 bridgehead atoms. The second-order valence-corrected chi connectivity index (χ2v) is 7.43. The summed E-state index contributed by atoms with van der Waals surface area (Å²) in [6, 6.07) is 13.6. The van der Waals surface area contributed by atoms with Crippen molar-refractivity contribution < 1.29 is 0 Å². The Balaban J connectivity index is 1.75. The number of benzene rings is 2. The molecule has 1 aliphatic heterocycles. The van der Waals surface area contributed by atoms with E-state index in [-0.39, 0.29) is 17.3 Å². The Bertz CT molecular complexity index is 909. The topological polar surface area (TPSA) is 101 Å². The van der Waals surface area contributed by atoms with Crippen molar-refractivity contribution in [1.82, 2.24) is 4.90 Å². The van der Waals surface area contributed by atoms with Crippen LogP contribution in [0, 0.1) is 16.2 Å². The van der Waals surface area contributed by atoms with E-state index in [0.29, 0.717) is 17.7 Å². The summed E-state index contributed by atoms with van der Waals surface area (Å²) < 4.78 is 0. The molecular formula is C22H25N5S. The molecule has 5 nitrogen and oxygen atoms in total. The van der Waals surface area contributed by atoms with Gasteiger partial charge in [0.2, 0.25) is 0 Å². The van der Waals surface area contributed by atoms with E-state index in [0.717, 1.165) is 30.8 Å². The predicted octanol–water partition coefficient (Wildman–Crippen LogP) is 3.84. The third-order valence-corrected chi connectivity index (χ3v) is 5.38. The van der Waals surface area contributed by atoms with Crippen LogP contribution in [0.4, 0.5) is 5.69 Å². The highest BCUT2D eigenvalue weighted by Gasteiger charge is 2.16. The van der Waals surface area contributed by atoms with Crippen molar-refractivity contribution in [2.24, 2.45) is 0 Å². The fourth-order valence-corrected chi connectivity index (χ4v) is 3.54. The zero-order chi connectivity index (χ0) is 20.1. The zero-order valence-electron chi connectivity index (χ0n) is 15.7. The van der Waals surface area contributed by atoms with E-state index >= 15 is 0 Å². The van der Waals surface area contributed by atoms with E-state index in [9.17, 15) is 0 Å². The van der Waals surface area contributed by atoms with Crippen LogP contribution in [0.2, 0.25) is 0 Å². The van der Waals surface area contributed by atoms with Crippen molar-refractivity contribution in [2.45, 2.75) is 25.3 Å². The average molecular weight is 392 g/mol. The third-order valence-electron chi connectivity index (χ3n) is 5.09. The molecule has 5 N–H and O–H groups in total. The van der Waals surface area contributed by atoms with Crippen molar-refractivity contribution in [3.05, 3.63) is 64.7 Å². The number of nitrogens with two attached hydrogens (primary N) is 1. The number of nitrogens with one attached hydrogen (secondary N) is 3. The molecule has 3 rings (SSSR count). The van der Waals surface area contributed by atoms with Gasteiger partial charge in [-0.2, -0.15) is 0 Å². The molecule has 1 atom stereocenters. The summed E-state index contributed by atoms with van der Waals surface area (Å²) in [6.07, 6.45) is 2.92. The fraction of sp³-hybridized carbons (Fsp3) is 0.273. The van der Waals surface area contributed by atoms with Gasteiger partial charge >= 0.3 is 0 Å². The monoisotopic (exact) mass is 391 g/mol. The van der Waals surface area contributed by atoms with Crippen LogP contribution in [0.25, 0.3) is 0 Å². The summed E-state index contributed by atoms with van der Waals surface area (Å²) in [5, 5.41) is 25.9. The summed E-state index contributed by atoms with van der Waals surface area (Å²) >= 11 is 4.98. The van der Waals surface area contributed by atoms with Crippen LogP contribution in [-0.4, -0.2) is 41.0 Å². The normalized spacial score (nSPS) is 14.7. The van der Waals surface area contributed by atoms with Gasteiger partial charge in [0, 0.05) is 36.3 Å². The van der Waals surface area contributed by atoms with Gasteiger partial charge in [-0.1, -0.05) is 42.5 Å². The molecule has 2 aromatic rings. The number of nitrogen functional groups attached to an aromatic ring is 1. The van der Waals surface area contributed by atoms with E-state index in [2.05, 4.69) is 17.0 Å². The quantitative estimate of drug-likeness (QED) is 0.297. The Labute approximate surface area is 171 Å². The lowest BCUT2D eigenvalue weighted by Crippen LogP contribution is -2.36.